The Hall–Kier alpha value is -1.39. The van der Waals surface area contributed by atoms with E-state index in [2.05, 4.69) is 0 Å². The van der Waals surface area contributed by atoms with Crippen LogP contribution in [0.15, 0.2) is 12.1 Å². The fourth-order valence-electron chi connectivity index (χ4n) is 2.17. The van der Waals surface area contributed by atoms with Crippen LogP contribution in [0.2, 0.25) is 0 Å². The maximum atomic E-state index is 10.8. The quantitative estimate of drug-likeness (QED) is 0.787. The SMILES string of the molecule is COC(OC)c1cc(C)c(CCC(N)=O)c(C)c1. The second kappa shape index (κ2) is 6.52. The smallest absolute Gasteiger partial charge is 0.217 e. The molecule has 0 aromatic heterocycles. The maximum Gasteiger partial charge on any atom is 0.217 e. The van der Waals surface area contributed by atoms with Crippen molar-refractivity contribution in [2.75, 3.05) is 14.2 Å². The van der Waals surface area contributed by atoms with Crippen molar-refractivity contribution in [3.05, 3.63) is 34.4 Å². The van der Waals surface area contributed by atoms with E-state index >= 15 is 0 Å². The van der Waals surface area contributed by atoms with E-state index in [1.807, 2.05) is 26.0 Å². The van der Waals surface area contributed by atoms with Crippen molar-refractivity contribution in [2.45, 2.75) is 33.0 Å². The number of amides is 1. The molecule has 1 amide bonds. The molecule has 0 saturated heterocycles. The standard InChI is InChI=1S/C14H21NO3/c1-9-7-11(14(17-3)18-4)8-10(2)12(9)5-6-13(15)16/h7-8,14H,5-6H2,1-4H3,(H2,15,16). The third-order valence-electron chi connectivity index (χ3n) is 3.04. The van der Waals surface area contributed by atoms with E-state index in [-0.39, 0.29) is 12.2 Å². The highest BCUT2D eigenvalue weighted by Crippen LogP contribution is 2.24. The van der Waals surface area contributed by atoms with E-state index in [9.17, 15) is 4.79 Å². The monoisotopic (exact) mass is 251 g/mol. The Morgan fingerprint density at radius 1 is 1.22 bits per heavy atom. The molecule has 0 aliphatic heterocycles. The molecule has 1 aromatic carbocycles. The largest absolute Gasteiger partial charge is 0.370 e. The average Bonchev–Trinajstić information content (AvgIpc) is 2.29. The summed E-state index contributed by atoms with van der Waals surface area (Å²) in [5.41, 5.74) is 9.60. The van der Waals surface area contributed by atoms with Crippen LogP contribution in [0.4, 0.5) is 0 Å². The van der Waals surface area contributed by atoms with E-state index < -0.39 is 0 Å². The molecule has 0 bridgehead atoms. The van der Waals surface area contributed by atoms with Crippen molar-refractivity contribution >= 4 is 5.91 Å². The molecule has 0 atom stereocenters. The van der Waals surface area contributed by atoms with Crippen LogP contribution in [0.1, 0.15) is 35.0 Å². The summed E-state index contributed by atoms with van der Waals surface area (Å²) in [7, 11) is 3.22. The molecule has 4 heteroatoms. The van der Waals surface area contributed by atoms with Crippen molar-refractivity contribution in [3.8, 4) is 0 Å². The summed E-state index contributed by atoms with van der Waals surface area (Å²) in [5, 5.41) is 0. The van der Waals surface area contributed by atoms with Gasteiger partial charge in [-0.25, -0.2) is 0 Å². The first-order valence-electron chi connectivity index (χ1n) is 5.93. The van der Waals surface area contributed by atoms with Gasteiger partial charge in [0.1, 0.15) is 0 Å². The molecule has 0 radical (unpaired) electrons. The van der Waals surface area contributed by atoms with Crippen molar-refractivity contribution in [3.63, 3.8) is 0 Å². The number of hydrogen-bond acceptors (Lipinski definition) is 3. The van der Waals surface area contributed by atoms with Gasteiger partial charge in [-0.3, -0.25) is 4.79 Å². The summed E-state index contributed by atoms with van der Waals surface area (Å²) in [6, 6.07) is 4.06. The predicted molar refractivity (Wildman–Crippen MR) is 70.2 cm³/mol. The van der Waals surface area contributed by atoms with Gasteiger partial charge in [0.15, 0.2) is 6.29 Å². The Bertz CT molecular complexity index is 402. The van der Waals surface area contributed by atoms with E-state index in [1.165, 1.54) is 5.56 Å². The summed E-state index contributed by atoms with van der Waals surface area (Å²) in [6.45, 7) is 4.05. The molecule has 0 heterocycles. The van der Waals surface area contributed by atoms with Gasteiger partial charge in [-0.05, 0) is 37.0 Å². The Labute approximate surface area is 108 Å². The Morgan fingerprint density at radius 2 is 1.72 bits per heavy atom. The van der Waals surface area contributed by atoms with Gasteiger partial charge < -0.3 is 15.2 Å². The average molecular weight is 251 g/mol. The van der Waals surface area contributed by atoms with E-state index in [4.69, 9.17) is 15.2 Å². The first kappa shape index (κ1) is 14.7. The lowest BCUT2D eigenvalue weighted by atomic mass is 9.95. The van der Waals surface area contributed by atoms with Gasteiger partial charge in [-0.2, -0.15) is 0 Å². The number of benzene rings is 1. The van der Waals surface area contributed by atoms with E-state index in [0.717, 1.165) is 16.7 Å². The summed E-state index contributed by atoms with van der Waals surface area (Å²) in [4.78, 5) is 10.8. The van der Waals surface area contributed by atoms with Gasteiger partial charge in [-0.1, -0.05) is 12.1 Å². The Kier molecular flexibility index (Phi) is 5.31. The number of primary amides is 1. The molecular formula is C14H21NO3. The van der Waals surface area contributed by atoms with Gasteiger partial charge >= 0.3 is 0 Å². The molecule has 2 N–H and O–H groups in total. The van der Waals surface area contributed by atoms with Crippen molar-refractivity contribution < 1.29 is 14.3 Å². The van der Waals surface area contributed by atoms with Crippen LogP contribution >= 0.6 is 0 Å². The molecule has 0 fully saturated rings. The minimum Gasteiger partial charge on any atom is -0.370 e. The van der Waals surface area contributed by atoms with Crippen LogP contribution < -0.4 is 5.73 Å². The molecule has 1 rings (SSSR count). The van der Waals surface area contributed by atoms with Crippen molar-refractivity contribution in [1.29, 1.82) is 0 Å². The number of ether oxygens (including phenoxy) is 2. The van der Waals surface area contributed by atoms with Crippen LogP contribution in [0.3, 0.4) is 0 Å². The van der Waals surface area contributed by atoms with Crippen molar-refractivity contribution in [2.24, 2.45) is 5.73 Å². The Morgan fingerprint density at radius 3 is 2.11 bits per heavy atom. The lowest BCUT2D eigenvalue weighted by molar-refractivity contribution is -0.118. The zero-order valence-electron chi connectivity index (χ0n) is 11.4. The normalized spacial score (nSPS) is 10.9. The fourth-order valence-corrected chi connectivity index (χ4v) is 2.17. The third kappa shape index (κ3) is 3.55. The summed E-state index contributed by atoms with van der Waals surface area (Å²) < 4.78 is 10.5. The molecular weight excluding hydrogens is 230 g/mol. The molecule has 18 heavy (non-hydrogen) atoms. The van der Waals surface area contributed by atoms with Gasteiger partial charge in [0.05, 0.1) is 0 Å². The van der Waals surface area contributed by atoms with Gasteiger partial charge in [0.2, 0.25) is 5.91 Å². The molecule has 0 spiro atoms. The van der Waals surface area contributed by atoms with Gasteiger partial charge in [-0.15, -0.1) is 0 Å². The molecule has 100 valence electrons. The minimum absolute atomic E-state index is 0.274. The molecule has 0 aliphatic carbocycles. The Balaban J connectivity index is 3.00. The highest BCUT2D eigenvalue weighted by atomic mass is 16.7. The van der Waals surface area contributed by atoms with E-state index in [0.29, 0.717) is 12.8 Å². The van der Waals surface area contributed by atoms with Gasteiger partial charge in [0.25, 0.3) is 0 Å². The number of methoxy groups -OCH3 is 2. The van der Waals surface area contributed by atoms with Crippen LogP contribution in [0.5, 0.6) is 0 Å². The second-order valence-corrected chi connectivity index (χ2v) is 4.40. The maximum absolute atomic E-state index is 10.8. The first-order chi connectivity index (χ1) is 8.49. The van der Waals surface area contributed by atoms with Gasteiger partial charge in [0, 0.05) is 26.2 Å². The topological polar surface area (TPSA) is 61.6 Å². The highest BCUT2D eigenvalue weighted by molar-refractivity contribution is 5.74. The summed E-state index contributed by atoms with van der Waals surface area (Å²) in [6.07, 6.45) is 0.698. The number of carbonyl (C=O) groups excluding carboxylic acids is 1. The lowest BCUT2D eigenvalue weighted by Crippen LogP contribution is -2.12. The molecule has 0 unspecified atom stereocenters. The predicted octanol–water partition coefficient (Wildman–Crippen LogP) is 2.01. The fraction of sp³-hybridized carbons (Fsp3) is 0.500. The minimum atomic E-state index is -0.354. The number of aryl methyl sites for hydroxylation is 2. The molecule has 1 aromatic rings. The number of carbonyl (C=O) groups is 1. The summed E-state index contributed by atoms with van der Waals surface area (Å²) >= 11 is 0. The number of nitrogens with two attached hydrogens (primary N) is 1. The van der Waals surface area contributed by atoms with Crippen LogP contribution in [0.25, 0.3) is 0 Å². The zero-order chi connectivity index (χ0) is 13.7. The van der Waals surface area contributed by atoms with Crippen molar-refractivity contribution in [1.82, 2.24) is 0 Å². The van der Waals surface area contributed by atoms with Crippen LogP contribution in [-0.2, 0) is 20.7 Å². The number of rotatable bonds is 6. The third-order valence-corrected chi connectivity index (χ3v) is 3.04. The zero-order valence-corrected chi connectivity index (χ0v) is 11.4. The lowest BCUT2D eigenvalue weighted by Gasteiger charge is -2.17. The number of hydrogen-bond donors (Lipinski definition) is 1. The van der Waals surface area contributed by atoms with Crippen LogP contribution in [0, 0.1) is 13.8 Å². The highest BCUT2D eigenvalue weighted by Gasteiger charge is 2.13. The molecule has 0 saturated carbocycles. The molecule has 4 nitrogen and oxygen atoms in total. The van der Waals surface area contributed by atoms with E-state index in [1.54, 1.807) is 14.2 Å². The van der Waals surface area contributed by atoms with Crippen LogP contribution in [-0.4, -0.2) is 20.1 Å². The second-order valence-electron chi connectivity index (χ2n) is 4.40. The summed E-state index contributed by atoms with van der Waals surface area (Å²) in [5.74, 6) is -0.274. The molecule has 0 aliphatic rings. The first-order valence-corrected chi connectivity index (χ1v) is 5.93.